The third kappa shape index (κ3) is 4.45. The number of nitrogens with one attached hydrogen (secondary N) is 1. The molecule has 2 aromatic heterocycles. The van der Waals surface area contributed by atoms with Crippen molar-refractivity contribution in [1.82, 2.24) is 9.38 Å². The predicted octanol–water partition coefficient (Wildman–Crippen LogP) is 4.56. The van der Waals surface area contributed by atoms with Gasteiger partial charge in [-0.05, 0) is 35.9 Å². The van der Waals surface area contributed by atoms with Crippen LogP contribution in [0.1, 0.15) is 5.56 Å². The number of rotatable bonds is 7. The number of hydrogen-bond donors (Lipinski definition) is 1. The molecule has 0 radical (unpaired) electrons. The van der Waals surface area contributed by atoms with E-state index in [1.807, 2.05) is 65.2 Å². The Morgan fingerprint density at radius 3 is 2.72 bits per heavy atom. The molecule has 0 unspecified atom stereocenters. The number of imidazole rings is 1. The molecular weight excluding hydrogens is 404 g/mol. The van der Waals surface area contributed by atoms with Crippen LogP contribution in [0.25, 0.3) is 23.0 Å². The molecule has 0 aliphatic rings. The summed E-state index contributed by atoms with van der Waals surface area (Å²) in [7, 11) is 1.52. The van der Waals surface area contributed by atoms with Crippen LogP contribution in [0.2, 0.25) is 0 Å². The van der Waals surface area contributed by atoms with Gasteiger partial charge in [-0.2, -0.15) is 5.26 Å². The van der Waals surface area contributed by atoms with Gasteiger partial charge >= 0.3 is 0 Å². The highest BCUT2D eigenvalue weighted by molar-refractivity contribution is 6.03. The minimum Gasteiger partial charge on any atom is -0.493 e. The molecule has 158 valence electrons. The molecule has 4 aromatic rings. The maximum Gasteiger partial charge on any atom is 0.249 e. The second kappa shape index (κ2) is 9.49. The van der Waals surface area contributed by atoms with E-state index >= 15 is 0 Å². The van der Waals surface area contributed by atoms with Crippen molar-refractivity contribution in [2.45, 2.75) is 0 Å². The average Bonchev–Trinajstić information content (AvgIpc) is 3.20. The number of nitrogens with zero attached hydrogens (tertiary/aromatic N) is 3. The van der Waals surface area contributed by atoms with E-state index in [0.717, 1.165) is 16.8 Å². The summed E-state index contributed by atoms with van der Waals surface area (Å²) in [5, 5.41) is 11.6. The highest BCUT2D eigenvalue weighted by atomic mass is 16.5. The molecule has 0 saturated heterocycles. The molecule has 0 spiro atoms. The molecule has 0 atom stereocenters. The third-order valence-corrected chi connectivity index (χ3v) is 4.73. The third-order valence-electron chi connectivity index (χ3n) is 4.73. The maximum absolute atomic E-state index is 12.7. The SMILES string of the molecule is COc1cc(/C=C/C(=O)Nc2c(-c3ccccc3)nc3ccccn23)ccc1OCC#N. The van der Waals surface area contributed by atoms with Crippen LogP contribution >= 0.6 is 0 Å². The number of carbonyl (C=O) groups excluding carboxylic acids is 1. The van der Waals surface area contributed by atoms with Gasteiger partial charge in [-0.15, -0.1) is 0 Å². The predicted molar refractivity (Wildman–Crippen MR) is 122 cm³/mol. The number of ether oxygens (including phenoxy) is 2. The first-order chi connectivity index (χ1) is 15.7. The molecule has 2 heterocycles. The average molecular weight is 424 g/mol. The van der Waals surface area contributed by atoms with Crippen LogP contribution in [0, 0.1) is 11.3 Å². The lowest BCUT2D eigenvalue weighted by Gasteiger charge is -2.09. The molecule has 0 aliphatic heterocycles. The Morgan fingerprint density at radius 2 is 1.94 bits per heavy atom. The Kier molecular flexibility index (Phi) is 6.14. The van der Waals surface area contributed by atoms with Gasteiger partial charge in [-0.1, -0.05) is 42.5 Å². The summed E-state index contributed by atoms with van der Waals surface area (Å²) >= 11 is 0. The fraction of sp³-hybridized carbons (Fsp3) is 0.0800. The summed E-state index contributed by atoms with van der Waals surface area (Å²) in [5.74, 6) is 1.25. The minimum absolute atomic E-state index is 0.0724. The summed E-state index contributed by atoms with van der Waals surface area (Å²) in [6.45, 7) is -0.0724. The van der Waals surface area contributed by atoms with Gasteiger partial charge in [0.15, 0.2) is 18.1 Å². The number of nitriles is 1. The van der Waals surface area contributed by atoms with Gasteiger partial charge < -0.3 is 14.8 Å². The van der Waals surface area contributed by atoms with Gasteiger partial charge in [0.1, 0.15) is 23.2 Å². The molecule has 0 bridgehead atoms. The van der Waals surface area contributed by atoms with E-state index in [2.05, 4.69) is 10.3 Å². The molecule has 1 N–H and O–H groups in total. The highest BCUT2D eigenvalue weighted by Crippen LogP contribution is 2.30. The number of carbonyl (C=O) groups is 1. The topological polar surface area (TPSA) is 88.7 Å². The van der Waals surface area contributed by atoms with Crippen LogP contribution in [-0.2, 0) is 4.79 Å². The largest absolute Gasteiger partial charge is 0.493 e. The summed E-state index contributed by atoms with van der Waals surface area (Å²) in [6, 6.07) is 22.5. The lowest BCUT2D eigenvalue weighted by Crippen LogP contribution is -2.10. The second-order valence-corrected chi connectivity index (χ2v) is 6.78. The second-order valence-electron chi connectivity index (χ2n) is 6.78. The van der Waals surface area contributed by atoms with Crippen molar-refractivity contribution >= 4 is 23.4 Å². The minimum atomic E-state index is -0.295. The van der Waals surface area contributed by atoms with Crippen molar-refractivity contribution in [1.29, 1.82) is 5.26 Å². The molecule has 32 heavy (non-hydrogen) atoms. The Balaban J connectivity index is 1.59. The van der Waals surface area contributed by atoms with E-state index in [-0.39, 0.29) is 12.5 Å². The van der Waals surface area contributed by atoms with E-state index in [0.29, 0.717) is 23.0 Å². The molecule has 0 fully saturated rings. The van der Waals surface area contributed by atoms with Gasteiger partial charge in [-0.3, -0.25) is 9.20 Å². The van der Waals surface area contributed by atoms with Crippen molar-refractivity contribution in [3.05, 3.63) is 84.6 Å². The lowest BCUT2D eigenvalue weighted by molar-refractivity contribution is -0.111. The number of benzene rings is 2. The van der Waals surface area contributed by atoms with Crippen molar-refractivity contribution in [2.75, 3.05) is 19.0 Å². The van der Waals surface area contributed by atoms with E-state index in [9.17, 15) is 4.79 Å². The number of anilines is 1. The van der Waals surface area contributed by atoms with Crippen LogP contribution in [0.4, 0.5) is 5.82 Å². The van der Waals surface area contributed by atoms with Crippen LogP contribution < -0.4 is 14.8 Å². The molecular formula is C25H20N4O3. The summed E-state index contributed by atoms with van der Waals surface area (Å²) in [5.41, 5.74) is 3.10. The smallest absolute Gasteiger partial charge is 0.249 e. The van der Waals surface area contributed by atoms with Crippen LogP contribution in [0.15, 0.2) is 79.0 Å². The highest BCUT2D eigenvalue weighted by Gasteiger charge is 2.15. The fourth-order valence-electron chi connectivity index (χ4n) is 3.26. The molecule has 1 amide bonds. The number of amides is 1. The zero-order valence-corrected chi connectivity index (χ0v) is 17.4. The summed E-state index contributed by atoms with van der Waals surface area (Å²) < 4.78 is 12.5. The summed E-state index contributed by atoms with van der Waals surface area (Å²) in [6.07, 6.45) is 4.98. The quantitative estimate of drug-likeness (QED) is 0.439. The zero-order chi connectivity index (χ0) is 22.3. The standard InChI is InChI=1S/C25H20N4O3/c1-31-21-17-18(10-12-20(21)32-16-14-26)11-13-23(30)28-25-24(19-7-3-2-4-8-19)27-22-9-5-6-15-29(22)25/h2-13,15,17H,16H2,1H3,(H,28,30)/b13-11+. The van der Waals surface area contributed by atoms with Crippen LogP contribution in [0.5, 0.6) is 11.5 Å². The number of pyridine rings is 1. The number of aromatic nitrogens is 2. The van der Waals surface area contributed by atoms with Crippen molar-refractivity contribution < 1.29 is 14.3 Å². The molecule has 2 aromatic carbocycles. The van der Waals surface area contributed by atoms with Crippen molar-refractivity contribution in [3.63, 3.8) is 0 Å². The first kappa shape index (κ1) is 20.7. The summed E-state index contributed by atoms with van der Waals surface area (Å²) in [4.78, 5) is 17.4. The van der Waals surface area contributed by atoms with E-state index in [1.54, 1.807) is 24.3 Å². The van der Waals surface area contributed by atoms with E-state index in [4.69, 9.17) is 14.7 Å². The van der Waals surface area contributed by atoms with Gasteiger partial charge in [-0.25, -0.2) is 4.98 Å². The van der Waals surface area contributed by atoms with Crippen LogP contribution in [0.3, 0.4) is 0 Å². The Labute approximate surface area is 185 Å². The normalized spacial score (nSPS) is 10.8. The van der Waals surface area contributed by atoms with Gasteiger partial charge in [0.25, 0.3) is 0 Å². The van der Waals surface area contributed by atoms with Gasteiger partial charge in [0, 0.05) is 17.8 Å². The van der Waals surface area contributed by atoms with Gasteiger partial charge in [0.2, 0.25) is 5.91 Å². The first-order valence-electron chi connectivity index (χ1n) is 9.89. The molecule has 0 saturated carbocycles. The molecule has 7 heteroatoms. The number of methoxy groups -OCH3 is 1. The maximum atomic E-state index is 12.7. The Morgan fingerprint density at radius 1 is 1.12 bits per heavy atom. The monoisotopic (exact) mass is 424 g/mol. The lowest BCUT2D eigenvalue weighted by atomic mass is 10.1. The molecule has 7 nitrogen and oxygen atoms in total. The van der Waals surface area contributed by atoms with Gasteiger partial charge in [0.05, 0.1) is 7.11 Å². The molecule has 0 aliphatic carbocycles. The molecule has 4 rings (SSSR count). The zero-order valence-electron chi connectivity index (χ0n) is 17.4. The van der Waals surface area contributed by atoms with Crippen molar-refractivity contribution in [2.24, 2.45) is 0 Å². The Bertz CT molecular complexity index is 1320. The fourth-order valence-corrected chi connectivity index (χ4v) is 3.26. The van der Waals surface area contributed by atoms with E-state index in [1.165, 1.54) is 13.2 Å². The van der Waals surface area contributed by atoms with E-state index < -0.39 is 0 Å². The first-order valence-corrected chi connectivity index (χ1v) is 9.89. The Hall–Kier alpha value is -4.57. The van der Waals surface area contributed by atoms with Crippen molar-refractivity contribution in [3.8, 4) is 28.8 Å². The number of hydrogen-bond acceptors (Lipinski definition) is 5. The van der Waals surface area contributed by atoms with Crippen LogP contribution in [-0.4, -0.2) is 29.0 Å². The number of fused-ring (bicyclic) bond motifs is 1.